The van der Waals surface area contributed by atoms with E-state index in [1.165, 1.54) is 18.2 Å². The Morgan fingerprint density at radius 2 is 1.45 bits per heavy atom. The molecule has 0 radical (unpaired) electrons. The van der Waals surface area contributed by atoms with Gasteiger partial charge in [0.05, 0.1) is 4.92 Å². The first-order chi connectivity index (χ1) is 9.65. The van der Waals surface area contributed by atoms with E-state index in [4.69, 9.17) is 0 Å². The summed E-state index contributed by atoms with van der Waals surface area (Å²) in [5.41, 5.74) is 0.806. The number of aldehydes is 1. The first kappa shape index (κ1) is 23.1. The summed E-state index contributed by atoms with van der Waals surface area (Å²) in [4.78, 5) is 19.8. The van der Waals surface area contributed by atoms with E-state index in [2.05, 4.69) is 4.74 Å². The minimum Gasteiger partial charge on any atom is -0.388 e. The van der Waals surface area contributed by atoms with Gasteiger partial charge in [0.15, 0.2) is 0 Å². The fourth-order valence-corrected chi connectivity index (χ4v) is 0.858. The monoisotopic (exact) mass is 283 g/mol. The van der Waals surface area contributed by atoms with Crippen molar-refractivity contribution in [1.82, 2.24) is 0 Å². The van der Waals surface area contributed by atoms with Crippen molar-refractivity contribution in [3.63, 3.8) is 0 Å². The van der Waals surface area contributed by atoms with Crippen LogP contribution >= 0.6 is 0 Å². The zero-order valence-electron chi connectivity index (χ0n) is 13.1. The van der Waals surface area contributed by atoms with Crippen molar-refractivity contribution in [3.05, 3.63) is 46.0 Å². The number of non-ortho nitro benzene ring substituents is 1. The number of rotatable bonds is 3. The van der Waals surface area contributed by atoms with E-state index in [1.54, 1.807) is 32.4 Å². The summed E-state index contributed by atoms with van der Waals surface area (Å²) in [5, 5.41) is 10.3. The number of carbonyl (C=O) groups is 1. The van der Waals surface area contributed by atoms with E-state index in [0.717, 1.165) is 5.56 Å². The molecule has 1 aromatic carbocycles. The van der Waals surface area contributed by atoms with Gasteiger partial charge in [-0.3, -0.25) is 14.9 Å². The summed E-state index contributed by atoms with van der Waals surface area (Å²) in [7, 11) is 3.25. The second kappa shape index (κ2) is 19.3. The number of carbonyl (C=O) groups excluding carboxylic acids is 1. The van der Waals surface area contributed by atoms with E-state index >= 15 is 0 Å². The van der Waals surface area contributed by atoms with Crippen LogP contribution in [0.25, 0.3) is 6.08 Å². The zero-order chi connectivity index (χ0) is 16.4. The molecule has 0 atom stereocenters. The molecule has 0 fully saturated rings. The van der Waals surface area contributed by atoms with Crippen LogP contribution in [-0.4, -0.2) is 25.4 Å². The fraction of sp³-hybridized carbons (Fsp3) is 0.400. The molecule has 1 aromatic rings. The summed E-state index contributed by atoms with van der Waals surface area (Å²) in [5.74, 6) is 0. The van der Waals surface area contributed by atoms with Gasteiger partial charge in [-0.05, 0) is 23.8 Å². The van der Waals surface area contributed by atoms with Crippen molar-refractivity contribution in [2.24, 2.45) is 0 Å². The molecule has 0 bridgehead atoms. The fourth-order valence-electron chi connectivity index (χ4n) is 0.858. The van der Waals surface area contributed by atoms with E-state index in [9.17, 15) is 14.9 Å². The summed E-state index contributed by atoms with van der Waals surface area (Å²) >= 11 is 0. The van der Waals surface area contributed by atoms with Crippen LogP contribution in [0.3, 0.4) is 0 Å². The maximum Gasteiger partial charge on any atom is 0.269 e. The molecule has 0 aliphatic heterocycles. The molecule has 0 unspecified atom stereocenters. The summed E-state index contributed by atoms with van der Waals surface area (Å²) in [6, 6.07) is 5.95. The Balaban J connectivity index is -0.000000355. The lowest BCUT2D eigenvalue weighted by molar-refractivity contribution is -0.384. The average Bonchev–Trinajstić information content (AvgIpc) is 2.50. The van der Waals surface area contributed by atoms with Gasteiger partial charge in [-0.25, -0.2) is 0 Å². The number of nitro benzene ring substituents is 1. The number of allylic oxidation sites excluding steroid dienone is 1. The molecule has 0 aliphatic rings. The number of ether oxygens (including phenoxy) is 1. The minimum atomic E-state index is -0.465. The van der Waals surface area contributed by atoms with Gasteiger partial charge in [0.2, 0.25) is 0 Å². The lowest BCUT2D eigenvalue weighted by atomic mass is 10.2. The highest BCUT2D eigenvalue weighted by Crippen LogP contribution is 2.12. The maximum absolute atomic E-state index is 10.3. The molecule has 5 heteroatoms. The predicted octanol–water partition coefficient (Wildman–Crippen LogP) is 4.12. The standard InChI is InChI=1S/C9H7NO3.C2H6O.2C2H6/c11-7-1-2-8-3-5-9(6-4-8)10(12)13;1-3-2;2*1-2/h1-7H;1-2H3;2*1-2H3/b2-1+;;;. The smallest absolute Gasteiger partial charge is 0.269 e. The third kappa shape index (κ3) is 14.1. The van der Waals surface area contributed by atoms with E-state index < -0.39 is 4.92 Å². The molecular weight excluding hydrogens is 258 g/mol. The van der Waals surface area contributed by atoms with E-state index in [1.807, 2.05) is 27.7 Å². The van der Waals surface area contributed by atoms with Crippen molar-refractivity contribution < 1.29 is 14.5 Å². The van der Waals surface area contributed by atoms with Crippen LogP contribution in [0.4, 0.5) is 5.69 Å². The minimum absolute atomic E-state index is 0.0447. The Bertz CT molecular complexity index is 359. The predicted molar refractivity (Wildman–Crippen MR) is 83.8 cm³/mol. The van der Waals surface area contributed by atoms with Gasteiger partial charge in [-0.1, -0.05) is 33.8 Å². The van der Waals surface area contributed by atoms with Gasteiger partial charge in [0.1, 0.15) is 6.29 Å². The number of hydrogen-bond donors (Lipinski definition) is 0. The number of hydrogen-bond acceptors (Lipinski definition) is 4. The normalized spacial score (nSPS) is 8.10. The highest BCUT2D eigenvalue weighted by atomic mass is 16.6. The van der Waals surface area contributed by atoms with Gasteiger partial charge in [0.25, 0.3) is 5.69 Å². The molecule has 1 rings (SSSR count). The van der Waals surface area contributed by atoms with Crippen LogP contribution < -0.4 is 0 Å². The summed E-state index contributed by atoms with van der Waals surface area (Å²) in [6.07, 6.45) is 3.57. The van der Waals surface area contributed by atoms with Gasteiger partial charge >= 0.3 is 0 Å². The topological polar surface area (TPSA) is 69.4 Å². The highest BCUT2D eigenvalue weighted by molar-refractivity contribution is 5.73. The van der Waals surface area contributed by atoms with Gasteiger partial charge in [-0.2, -0.15) is 0 Å². The van der Waals surface area contributed by atoms with Crippen molar-refractivity contribution >= 4 is 18.0 Å². The Morgan fingerprint density at radius 1 is 1.05 bits per heavy atom. The lowest BCUT2D eigenvalue weighted by Gasteiger charge is -1.91. The van der Waals surface area contributed by atoms with Crippen LogP contribution in [0.2, 0.25) is 0 Å². The molecule has 20 heavy (non-hydrogen) atoms. The second-order valence-corrected chi connectivity index (χ2v) is 2.75. The summed E-state index contributed by atoms with van der Waals surface area (Å²) < 4.78 is 4.25. The highest BCUT2D eigenvalue weighted by Gasteiger charge is 2.01. The van der Waals surface area contributed by atoms with Crippen molar-refractivity contribution in [2.45, 2.75) is 27.7 Å². The number of nitro groups is 1. The first-order valence-electron chi connectivity index (χ1n) is 6.42. The second-order valence-electron chi connectivity index (χ2n) is 2.75. The molecule has 114 valence electrons. The molecule has 0 heterocycles. The molecule has 0 N–H and O–H groups in total. The van der Waals surface area contributed by atoms with Crippen LogP contribution in [0.15, 0.2) is 30.3 Å². The Morgan fingerprint density at radius 3 is 1.75 bits per heavy atom. The van der Waals surface area contributed by atoms with E-state index in [-0.39, 0.29) is 5.69 Å². The van der Waals surface area contributed by atoms with Crippen molar-refractivity contribution in [1.29, 1.82) is 0 Å². The van der Waals surface area contributed by atoms with Crippen LogP contribution in [0.1, 0.15) is 33.3 Å². The Labute approximate surface area is 121 Å². The van der Waals surface area contributed by atoms with Gasteiger partial charge < -0.3 is 4.74 Å². The van der Waals surface area contributed by atoms with Crippen LogP contribution in [-0.2, 0) is 9.53 Å². The third-order valence-corrected chi connectivity index (χ3v) is 1.47. The SMILES string of the molecule is CC.CC.COC.O=C/C=C/c1ccc([N+](=O)[O-])cc1. The molecular formula is C15H25NO4. The zero-order valence-corrected chi connectivity index (χ0v) is 13.1. The van der Waals surface area contributed by atoms with E-state index in [0.29, 0.717) is 6.29 Å². The van der Waals surface area contributed by atoms with Crippen LogP contribution in [0.5, 0.6) is 0 Å². The summed E-state index contributed by atoms with van der Waals surface area (Å²) in [6.45, 7) is 8.00. The van der Waals surface area contributed by atoms with Gasteiger partial charge in [0, 0.05) is 26.4 Å². The number of methoxy groups -OCH3 is 1. The molecule has 0 amide bonds. The average molecular weight is 283 g/mol. The van der Waals surface area contributed by atoms with Crippen molar-refractivity contribution in [3.8, 4) is 0 Å². The third-order valence-electron chi connectivity index (χ3n) is 1.47. The first-order valence-corrected chi connectivity index (χ1v) is 6.42. The number of nitrogens with zero attached hydrogens (tertiary/aromatic N) is 1. The molecule has 0 spiro atoms. The largest absolute Gasteiger partial charge is 0.388 e. The Kier molecular flexibility index (Phi) is 22.3. The Hall–Kier alpha value is -2.01. The van der Waals surface area contributed by atoms with Crippen LogP contribution in [0, 0.1) is 10.1 Å². The van der Waals surface area contributed by atoms with Gasteiger partial charge in [-0.15, -0.1) is 0 Å². The molecule has 5 nitrogen and oxygen atoms in total. The number of benzene rings is 1. The quantitative estimate of drug-likeness (QED) is 0.362. The maximum atomic E-state index is 10.3. The molecule has 0 saturated carbocycles. The lowest BCUT2D eigenvalue weighted by Crippen LogP contribution is -1.86. The molecule has 0 saturated heterocycles. The van der Waals surface area contributed by atoms with Crippen molar-refractivity contribution in [2.75, 3.05) is 14.2 Å². The molecule has 0 aliphatic carbocycles. The molecule has 0 aromatic heterocycles.